The van der Waals surface area contributed by atoms with Crippen molar-refractivity contribution in [2.24, 2.45) is 0 Å². The second-order valence-corrected chi connectivity index (χ2v) is 8.54. The smallest absolute Gasteiger partial charge is 0.261 e. The summed E-state index contributed by atoms with van der Waals surface area (Å²) in [7, 11) is 1.75. The number of aromatic nitrogens is 3. The van der Waals surface area contributed by atoms with Crippen molar-refractivity contribution in [3.63, 3.8) is 0 Å². The van der Waals surface area contributed by atoms with Crippen LogP contribution < -0.4 is 14.7 Å². The number of anilines is 3. The molecular formula is C25H26N6O2. The van der Waals surface area contributed by atoms with Gasteiger partial charge in [0.1, 0.15) is 11.7 Å². The van der Waals surface area contributed by atoms with Crippen molar-refractivity contribution in [3.8, 4) is 0 Å². The van der Waals surface area contributed by atoms with Gasteiger partial charge in [0.15, 0.2) is 5.82 Å². The average Bonchev–Trinajstić information content (AvgIpc) is 3.61. The van der Waals surface area contributed by atoms with E-state index in [-0.39, 0.29) is 31.3 Å². The summed E-state index contributed by atoms with van der Waals surface area (Å²) in [5.74, 6) is 0.930. The van der Waals surface area contributed by atoms with Crippen LogP contribution in [0.5, 0.6) is 0 Å². The zero-order chi connectivity index (χ0) is 22.0. The van der Waals surface area contributed by atoms with E-state index in [1.807, 2.05) is 43.3 Å². The maximum Gasteiger partial charge on any atom is 0.261 e. The van der Waals surface area contributed by atoms with E-state index in [1.54, 1.807) is 35.4 Å². The van der Waals surface area contributed by atoms with Crippen LogP contribution in [0.1, 0.15) is 54.7 Å². The van der Waals surface area contributed by atoms with Crippen LogP contribution in [0.25, 0.3) is 0 Å². The number of carbonyl (C=O) groups is 2. The lowest BCUT2D eigenvalue weighted by Crippen LogP contribution is -2.52. The fourth-order valence-corrected chi connectivity index (χ4v) is 4.83. The molecule has 33 heavy (non-hydrogen) atoms. The van der Waals surface area contributed by atoms with Crippen LogP contribution in [0.15, 0.2) is 55.0 Å². The molecule has 1 aromatic carbocycles. The van der Waals surface area contributed by atoms with Gasteiger partial charge < -0.3 is 9.80 Å². The highest BCUT2D eigenvalue weighted by molar-refractivity contribution is 6.11. The number of hydrogen-bond acceptors (Lipinski definition) is 6. The number of carbonyl (C=O) groups excluding carboxylic acids is 2. The number of likely N-dealkylation sites (N-methyl/N-ethyl adjacent to an activating group) is 1. The number of amides is 2. The van der Waals surface area contributed by atoms with Crippen molar-refractivity contribution in [1.29, 1.82) is 0 Å². The fraction of sp³-hybridized carbons (Fsp3) is 0.320. The average molecular weight is 443 g/mol. The van der Waals surface area contributed by atoms with E-state index in [0.29, 0.717) is 29.1 Å². The van der Waals surface area contributed by atoms with Crippen LogP contribution in [-0.2, 0) is 4.79 Å². The Morgan fingerprint density at radius 1 is 1.03 bits per heavy atom. The van der Waals surface area contributed by atoms with Gasteiger partial charge >= 0.3 is 0 Å². The number of benzene rings is 1. The summed E-state index contributed by atoms with van der Waals surface area (Å²) in [5, 5.41) is 0. The molecule has 3 aromatic rings. The standard InChI is InChI=1S/C24H22N6O2.CH4/c1-14-22(31)28(2)19-13-26-24(27-21(19)29(14)16-9-10-16)30-20(15-6-5-11-25-12-15)17-7-3-4-8-18(17)23(30)32;/h3-8,11-14,16,20H,9-10H2,1-2H3;1H4. The largest absolute Gasteiger partial charge is 0.340 e. The van der Waals surface area contributed by atoms with Crippen LogP contribution >= 0.6 is 0 Å². The molecule has 3 aliphatic rings. The Morgan fingerprint density at radius 2 is 1.82 bits per heavy atom. The van der Waals surface area contributed by atoms with Crippen LogP contribution in [-0.4, -0.2) is 45.9 Å². The number of fused-ring (bicyclic) bond motifs is 2. The number of nitrogens with zero attached hydrogens (tertiary/aromatic N) is 6. The van der Waals surface area contributed by atoms with Crippen molar-refractivity contribution in [2.75, 3.05) is 21.7 Å². The van der Waals surface area contributed by atoms with E-state index in [1.165, 1.54) is 0 Å². The lowest BCUT2D eigenvalue weighted by molar-refractivity contribution is -0.119. The molecule has 1 aliphatic carbocycles. The minimum absolute atomic E-state index is 0. The third kappa shape index (κ3) is 3.08. The van der Waals surface area contributed by atoms with E-state index in [4.69, 9.17) is 4.98 Å². The first-order valence-corrected chi connectivity index (χ1v) is 10.8. The van der Waals surface area contributed by atoms with Gasteiger partial charge in [0.05, 0.1) is 12.2 Å². The summed E-state index contributed by atoms with van der Waals surface area (Å²) in [4.78, 5) is 45.3. The lowest BCUT2D eigenvalue weighted by Gasteiger charge is -2.39. The Labute approximate surface area is 192 Å². The minimum Gasteiger partial charge on any atom is -0.340 e. The topological polar surface area (TPSA) is 82.5 Å². The third-order valence-electron chi connectivity index (χ3n) is 6.57. The first-order chi connectivity index (χ1) is 15.6. The van der Waals surface area contributed by atoms with Gasteiger partial charge in [-0.05, 0) is 43.0 Å². The summed E-state index contributed by atoms with van der Waals surface area (Å²) in [5.41, 5.74) is 3.12. The van der Waals surface area contributed by atoms with Gasteiger partial charge in [-0.15, -0.1) is 0 Å². The molecule has 168 valence electrons. The molecule has 0 radical (unpaired) electrons. The molecule has 6 rings (SSSR count). The van der Waals surface area contributed by atoms with Gasteiger partial charge in [-0.3, -0.25) is 19.5 Å². The molecular weight excluding hydrogens is 416 g/mol. The maximum atomic E-state index is 13.5. The minimum atomic E-state index is -0.361. The van der Waals surface area contributed by atoms with E-state index >= 15 is 0 Å². The fourth-order valence-electron chi connectivity index (χ4n) is 4.83. The van der Waals surface area contributed by atoms with Crippen molar-refractivity contribution >= 4 is 29.3 Å². The summed E-state index contributed by atoms with van der Waals surface area (Å²) in [6.45, 7) is 1.91. The van der Waals surface area contributed by atoms with Gasteiger partial charge in [-0.25, -0.2) is 4.98 Å². The SMILES string of the molecule is C.CC1C(=O)N(C)c2cnc(N3C(=O)c4ccccc4C3c3cccnc3)nc2N1C1CC1. The number of hydrogen-bond donors (Lipinski definition) is 0. The van der Waals surface area contributed by atoms with Crippen LogP contribution in [0.2, 0.25) is 0 Å². The molecule has 2 unspecified atom stereocenters. The van der Waals surface area contributed by atoms with Crippen molar-refractivity contribution in [3.05, 3.63) is 71.7 Å². The highest BCUT2D eigenvalue weighted by atomic mass is 16.2. The van der Waals surface area contributed by atoms with Crippen molar-refractivity contribution < 1.29 is 9.59 Å². The quantitative estimate of drug-likeness (QED) is 0.617. The molecule has 1 fully saturated rings. The highest BCUT2D eigenvalue weighted by Gasteiger charge is 2.45. The van der Waals surface area contributed by atoms with Crippen molar-refractivity contribution in [1.82, 2.24) is 15.0 Å². The van der Waals surface area contributed by atoms with Crippen LogP contribution in [0.4, 0.5) is 17.5 Å². The molecule has 2 aliphatic heterocycles. The monoisotopic (exact) mass is 442 g/mol. The van der Waals surface area contributed by atoms with Crippen LogP contribution in [0.3, 0.4) is 0 Å². The molecule has 2 amide bonds. The maximum absolute atomic E-state index is 13.5. The van der Waals surface area contributed by atoms with Gasteiger partial charge in [-0.2, -0.15) is 4.98 Å². The zero-order valence-electron chi connectivity index (χ0n) is 17.8. The molecule has 0 N–H and O–H groups in total. The Balaban J connectivity index is 0.00000228. The van der Waals surface area contributed by atoms with Crippen molar-refractivity contribution in [2.45, 2.75) is 45.3 Å². The lowest BCUT2D eigenvalue weighted by atomic mass is 9.99. The summed E-state index contributed by atoms with van der Waals surface area (Å²) in [6, 6.07) is 11.1. The summed E-state index contributed by atoms with van der Waals surface area (Å²) >= 11 is 0. The van der Waals surface area contributed by atoms with E-state index in [0.717, 1.165) is 24.0 Å². The zero-order valence-corrected chi connectivity index (χ0v) is 17.8. The normalized spacial score (nSPS) is 21.6. The molecule has 8 heteroatoms. The highest BCUT2D eigenvalue weighted by Crippen LogP contribution is 2.44. The Morgan fingerprint density at radius 3 is 2.55 bits per heavy atom. The molecule has 0 spiro atoms. The van der Waals surface area contributed by atoms with Gasteiger partial charge in [0.2, 0.25) is 11.9 Å². The van der Waals surface area contributed by atoms with Gasteiger partial charge in [-0.1, -0.05) is 31.7 Å². The molecule has 0 bridgehead atoms. The van der Waals surface area contributed by atoms with E-state index in [2.05, 4.69) is 14.9 Å². The molecule has 2 atom stereocenters. The number of pyridine rings is 1. The Bertz CT molecular complexity index is 1240. The first kappa shape index (κ1) is 21.1. The first-order valence-electron chi connectivity index (χ1n) is 10.8. The Hall–Kier alpha value is -3.81. The third-order valence-corrected chi connectivity index (χ3v) is 6.57. The molecule has 0 saturated heterocycles. The second-order valence-electron chi connectivity index (χ2n) is 8.54. The van der Waals surface area contributed by atoms with Gasteiger partial charge in [0.25, 0.3) is 5.91 Å². The van der Waals surface area contributed by atoms with Gasteiger partial charge in [0, 0.05) is 31.0 Å². The van der Waals surface area contributed by atoms with E-state index in [9.17, 15) is 9.59 Å². The molecule has 1 saturated carbocycles. The van der Waals surface area contributed by atoms with Crippen LogP contribution in [0, 0.1) is 0 Å². The molecule has 8 nitrogen and oxygen atoms in total. The predicted molar refractivity (Wildman–Crippen MR) is 126 cm³/mol. The number of rotatable bonds is 3. The molecule has 2 aromatic heterocycles. The summed E-state index contributed by atoms with van der Waals surface area (Å²) in [6.07, 6.45) is 7.22. The summed E-state index contributed by atoms with van der Waals surface area (Å²) < 4.78 is 0. The Kier molecular flexibility index (Phi) is 4.88. The molecule has 4 heterocycles. The second kappa shape index (κ2) is 7.65. The predicted octanol–water partition coefficient (Wildman–Crippen LogP) is 3.59. The van der Waals surface area contributed by atoms with E-state index < -0.39 is 0 Å².